The van der Waals surface area contributed by atoms with Crippen LogP contribution in [0.15, 0.2) is 30.7 Å². The zero-order valence-electron chi connectivity index (χ0n) is 11.9. The van der Waals surface area contributed by atoms with Gasteiger partial charge in [-0.2, -0.15) is 0 Å². The van der Waals surface area contributed by atoms with E-state index < -0.39 is 0 Å². The van der Waals surface area contributed by atoms with E-state index in [0.29, 0.717) is 30.2 Å². The molecule has 0 radical (unpaired) electrons. The van der Waals surface area contributed by atoms with E-state index in [-0.39, 0.29) is 5.91 Å². The maximum atomic E-state index is 12.7. The van der Waals surface area contributed by atoms with E-state index in [1.54, 1.807) is 36.4 Å². The first-order chi connectivity index (χ1) is 10.2. The van der Waals surface area contributed by atoms with Gasteiger partial charge in [0.2, 0.25) is 0 Å². The summed E-state index contributed by atoms with van der Waals surface area (Å²) in [6.45, 7) is 1.01. The monoisotopic (exact) mass is 285 g/mol. The SMILES string of the molecule is COc1ccc(C(=O)N2Cc3cncnc3C2)c(OC)c1. The van der Waals surface area contributed by atoms with Crippen LogP contribution >= 0.6 is 0 Å². The Bertz CT molecular complexity index is 663. The highest BCUT2D eigenvalue weighted by Crippen LogP contribution is 2.28. The van der Waals surface area contributed by atoms with E-state index in [1.807, 2.05) is 0 Å². The number of carbonyl (C=O) groups is 1. The van der Waals surface area contributed by atoms with Crippen LogP contribution in [-0.2, 0) is 13.1 Å². The molecule has 6 nitrogen and oxygen atoms in total. The Morgan fingerprint density at radius 3 is 2.81 bits per heavy atom. The lowest BCUT2D eigenvalue weighted by Gasteiger charge is -2.17. The largest absolute Gasteiger partial charge is 0.497 e. The Labute approximate surface area is 122 Å². The number of carbonyl (C=O) groups excluding carboxylic acids is 1. The van der Waals surface area contributed by atoms with Crippen LogP contribution in [-0.4, -0.2) is 35.0 Å². The predicted molar refractivity (Wildman–Crippen MR) is 75.2 cm³/mol. The molecule has 0 atom stereocenters. The molecular weight excluding hydrogens is 270 g/mol. The first-order valence-electron chi connectivity index (χ1n) is 6.52. The van der Waals surface area contributed by atoms with Crippen LogP contribution in [0.1, 0.15) is 21.6 Å². The average molecular weight is 285 g/mol. The molecule has 21 heavy (non-hydrogen) atoms. The van der Waals surface area contributed by atoms with Gasteiger partial charge in [-0.3, -0.25) is 4.79 Å². The van der Waals surface area contributed by atoms with Crippen molar-refractivity contribution in [1.29, 1.82) is 0 Å². The Morgan fingerprint density at radius 1 is 1.24 bits per heavy atom. The van der Waals surface area contributed by atoms with Crippen molar-refractivity contribution in [3.8, 4) is 11.5 Å². The van der Waals surface area contributed by atoms with Gasteiger partial charge < -0.3 is 14.4 Å². The van der Waals surface area contributed by atoms with E-state index in [4.69, 9.17) is 9.47 Å². The van der Waals surface area contributed by atoms with E-state index in [9.17, 15) is 4.79 Å². The van der Waals surface area contributed by atoms with Gasteiger partial charge in [-0.1, -0.05) is 0 Å². The highest BCUT2D eigenvalue weighted by molar-refractivity contribution is 5.97. The summed E-state index contributed by atoms with van der Waals surface area (Å²) >= 11 is 0. The summed E-state index contributed by atoms with van der Waals surface area (Å²) in [6, 6.07) is 5.17. The van der Waals surface area contributed by atoms with E-state index in [0.717, 1.165) is 11.3 Å². The van der Waals surface area contributed by atoms with Crippen molar-refractivity contribution in [2.75, 3.05) is 14.2 Å². The molecule has 0 N–H and O–H groups in total. The van der Waals surface area contributed by atoms with Gasteiger partial charge in [0, 0.05) is 24.4 Å². The molecule has 2 heterocycles. The molecule has 0 unspecified atom stereocenters. The van der Waals surface area contributed by atoms with Crippen molar-refractivity contribution in [2.24, 2.45) is 0 Å². The van der Waals surface area contributed by atoms with Gasteiger partial charge in [0.1, 0.15) is 17.8 Å². The zero-order chi connectivity index (χ0) is 14.8. The number of methoxy groups -OCH3 is 2. The van der Waals surface area contributed by atoms with Crippen molar-refractivity contribution in [3.05, 3.63) is 47.5 Å². The van der Waals surface area contributed by atoms with Gasteiger partial charge in [-0.05, 0) is 12.1 Å². The number of nitrogens with zero attached hydrogens (tertiary/aromatic N) is 3. The minimum absolute atomic E-state index is 0.0903. The number of ether oxygens (including phenoxy) is 2. The number of rotatable bonds is 3. The molecule has 108 valence electrons. The number of amides is 1. The third kappa shape index (κ3) is 2.40. The fourth-order valence-corrected chi connectivity index (χ4v) is 2.39. The highest BCUT2D eigenvalue weighted by atomic mass is 16.5. The van der Waals surface area contributed by atoms with E-state index in [2.05, 4.69) is 9.97 Å². The number of hydrogen-bond donors (Lipinski definition) is 0. The van der Waals surface area contributed by atoms with Crippen LogP contribution in [0.5, 0.6) is 11.5 Å². The zero-order valence-corrected chi connectivity index (χ0v) is 11.9. The van der Waals surface area contributed by atoms with Gasteiger partial charge in [0.15, 0.2) is 0 Å². The van der Waals surface area contributed by atoms with Crippen LogP contribution in [0.3, 0.4) is 0 Å². The normalized spacial score (nSPS) is 13.0. The summed E-state index contributed by atoms with van der Waals surface area (Å²) in [5.41, 5.74) is 2.39. The fraction of sp³-hybridized carbons (Fsp3) is 0.267. The van der Waals surface area contributed by atoms with Gasteiger partial charge >= 0.3 is 0 Å². The second-order valence-electron chi connectivity index (χ2n) is 4.72. The average Bonchev–Trinajstić information content (AvgIpc) is 2.97. The summed E-state index contributed by atoms with van der Waals surface area (Å²) in [7, 11) is 3.11. The molecule has 0 saturated carbocycles. The molecule has 1 amide bonds. The highest BCUT2D eigenvalue weighted by Gasteiger charge is 2.27. The molecule has 3 rings (SSSR count). The Morgan fingerprint density at radius 2 is 2.10 bits per heavy atom. The Hall–Kier alpha value is -2.63. The molecule has 0 fully saturated rings. The summed E-state index contributed by atoms with van der Waals surface area (Å²) < 4.78 is 10.4. The Kier molecular flexibility index (Phi) is 3.43. The van der Waals surface area contributed by atoms with E-state index >= 15 is 0 Å². The predicted octanol–water partition coefficient (Wildman–Crippen LogP) is 1.65. The molecule has 0 saturated heterocycles. The lowest BCUT2D eigenvalue weighted by molar-refractivity contribution is 0.0747. The summed E-state index contributed by atoms with van der Waals surface area (Å²) in [4.78, 5) is 22.6. The third-order valence-corrected chi connectivity index (χ3v) is 3.51. The molecule has 2 aromatic rings. The molecule has 6 heteroatoms. The smallest absolute Gasteiger partial charge is 0.258 e. The van der Waals surface area contributed by atoms with E-state index in [1.165, 1.54) is 13.4 Å². The van der Waals surface area contributed by atoms with Crippen molar-refractivity contribution in [2.45, 2.75) is 13.1 Å². The number of benzene rings is 1. The van der Waals surface area contributed by atoms with Crippen molar-refractivity contribution < 1.29 is 14.3 Å². The van der Waals surface area contributed by atoms with Gasteiger partial charge in [0.05, 0.1) is 32.0 Å². The molecule has 0 aliphatic carbocycles. The lowest BCUT2D eigenvalue weighted by atomic mass is 10.1. The van der Waals surface area contributed by atoms with Gasteiger partial charge in [-0.15, -0.1) is 0 Å². The second-order valence-corrected chi connectivity index (χ2v) is 4.72. The van der Waals surface area contributed by atoms with Gasteiger partial charge in [-0.25, -0.2) is 9.97 Å². The van der Waals surface area contributed by atoms with Crippen molar-refractivity contribution in [3.63, 3.8) is 0 Å². The fourth-order valence-electron chi connectivity index (χ4n) is 2.39. The maximum Gasteiger partial charge on any atom is 0.258 e. The molecule has 0 spiro atoms. The van der Waals surface area contributed by atoms with Gasteiger partial charge in [0.25, 0.3) is 5.91 Å². The molecule has 0 bridgehead atoms. The van der Waals surface area contributed by atoms with Crippen LogP contribution in [0.4, 0.5) is 0 Å². The summed E-state index contributed by atoms with van der Waals surface area (Å²) in [5, 5.41) is 0. The second kappa shape index (κ2) is 5.40. The summed E-state index contributed by atoms with van der Waals surface area (Å²) in [6.07, 6.45) is 3.25. The Balaban J connectivity index is 1.87. The first-order valence-corrected chi connectivity index (χ1v) is 6.52. The maximum absolute atomic E-state index is 12.7. The molecule has 1 aliphatic heterocycles. The molecule has 1 aromatic heterocycles. The topological polar surface area (TPSA) is 64.5 Å². The van der Waals surface area contributed by atoms with Crippen molar-refractivity contribution in [1.82, 2.24) is 14.9 Å². The lowest BCUT2D eigenvalue weighted by Crippen LogP contribution is -2.25. The van der Waals surface area contributed by atoms with Crippen LogP contribution < -0.4 is 9.47 Å². The molecule has 1 aliphatic rings. The quantitative estimate of drug-likeness (QED) is 0.858. The number of aromatic nitrogens is 2. The third-order valence-electron chi connectivity index (χ3n) is 3.51. The minimum Gasteiger partial charge on any atom is -0.497 e. The molecular formula is C15H15N3O3. The number of fused-ring (bicyclic) bond motifs is 1. The number of hydrogen-bond acceptors (Lipinski definition) is 5. The van der Waals surface area contributed by atoms with Crippen molar-refractivity contribution >= 4 is 5.91 Å². The van der Waals surface area contributed by atoms with Crippen LogP contribution in [0.25, 0.3) is 0 Å². The van der Waals surface area contributed by atoms with Crippen LogP contribution in [0.2, 0.25) is 0 Å². The minimum atomic E-state index is -0.0903. The molecule has 1 aromatic carbocycles. The van der Waals surface area contributed by atoms with Crippen LogP contribution in [0, 0.1) is 0 Å². The standard InChI is InChI=1S/C15H15N3O3/c1-20-11-3-4-12(14(5-11)21-2)15(19)18-7-10-6-16-9-17-13(10)8-18/h3-6,9H,7-8H2,1-2H3. The first kappa shape index (κ1) is 13.4. The summed E-state index contributed by atoms with van der Waals surface area (Å²) in [5.74, 6) is 1.06.